The molecule has 2 nitrogen and oxygen atoms in total. The standard InChI is InChI=1S/C13H15ClO2/c1-13(2,3)12(15)11-10(16-11)8-4-6-9(14)7-5-8/h4-7,10-11H,1-3H3/t10-,11-/m1/s1. The van der Waals surface area contributed by atoms with Gasteiger partial charge >= 0.3 is 0 Å². The van der Waals surface area contributed by atoms with Gasteiger partial charge in [0.1, 0.15) is 12.2 Å². The summed E-state index contributed by atoms with van der Waals surface area (Å²) in [5.41, 5.74) is 0.679. The van der Waals surface area contributed by atoms with Crippen LogP contribution in [0.15, 0.2) is 24.3 Å². The van der Waals surface area contributed by atoms with Crippen LogP contribution in [0.25, 0.3) is 0 Å². The van der Waals surface area contributed by atoms with Gasteiger partial charge in [-0.05, 0) is 17.7 Å². The highest BCUT2D eigenvalue weighted by Gasteiger charge is 2.49. The quantitative estimate of drug-likeness (QED) is 0.739. The number of epoxide rings is 1. The number of ketones is 1. The van der Waals surface area contributed by atoms with Crippen molar-refractivity contribution in [2.45, 2.75) is 33.0 Å². The topological polar surface area (TPSA) is 29.6 Å². The highest BCUT2D eigenvalue weighted by Crippen LogP contribution is 2.42. The maximum Gasteiger partial charge on any atom is 0.169 e. The molecule has 1 aliphatic heterocycles. The van der Waals surface area contributed by atoms with Gasteiger partial charge in [0.2, 0.25) is 0 Å². The Balaban J connectivity index is 2.07. The Bertz CT molecular complexity index is 403. The van der Waals surface area contributed by atoms with Crippen LogP contribution < -0.4 is 0 Å². The van der Waals surface area contributed by atoms with E-state index in [-0.39, 0.29) is 23.4 Å². The van der Waals surface area contributed by atoms with E-state index in [9.17, 15) is 4.79 Å². The van der Waals surface area contributed by atoms with Gasteiger partial charge in [0.15, 0.2) is 5.78 Å². The summed E-state index contributed by atoms with van der Waals surface area (Å²) in [5.74, 6) is 0.160. The Hall–Kier alpha value is -0.860. The summed E-state index contributed by atoms with van der Waals surface area (Å²) in [4.78, 5) is 11.9. The molecule has 2 atom stereocenters. The van der Waals surface area contributed by atoms with E-state index in [4.69, 9.17) is 16.3 Å². The fourth-order valence-corrected chi connectivity index (χ4v) is 1.77. The van der Waals surface area contributed by atoms with Crippen LogP contribution in [0.5, 0.6) is 0 Å². The second-order valence-corrected chi connectivity index (χ2v) is 5.58. The van der Waals surface area contributed by atoms with E-state index in [1.165, 1.54) is 0 Å². The first kappa shape index (κ1) is 11.6. The molecule has 1 saturated heterocycles. The van der Waals surface area contributed by atoms with Crippen molar-refractivity contribution >= 4 is 17.4 Å². The Kier molecular flexibility index (Phi) is 2.81. The number of halogens is 1. The van der Waals surface area contributed by atoms with Crippen molar-refractivity contribution in [3.63, 3.8) is 0 Å². The van der Waals surface area contributed by atoms with E-state index < -0.39 is 0 Å². The predicted octanol–water partition coefficient (Wildman–Crippen LogP) is 3.40. The molecule has 0 spiro atoms. The molecule has 1 fully saturated rings. The molecule has 0 amide bonds. The van der Waals surface area contributed by atoms with Crippen molar-refractivity contribution in [3.8, 4) is 0 Å². The average Bonchev–Trinajstić information content (AvgIpc) is 2.96. The highest BCUT2D eigenvalue weighted by molar-refractivity contribution is 6.30. The van der Waals surface area contributed by atoms with Crippen LogP contribution in [0.2, 0.25) is 5.02 Å². The molecule has 0 aliphatic carbocycles. The molecule has 2 rings (SSSR count). The molecule has 0 unspecified atom stereocenters. The number of carbonyl (C=O) groups is 1. The molecule has 0 aromatic heterocycles. The van der Waals surface area contributed by atoms with E-state index in [2.05, 4.69) is 0 Å². The van der Waals surface area contributed by atoms with Crippen LogP contribution in [-0.4, -0.2) is 11.9 Å². The number of rotatable bonds is 2. The third kappa shape index (κ3) is 2.28. The lowest BCUT2D eigenvalue weighted by Gasteiger charge is -2.14. The number of hydrogen-bond donors (Lipinski definition) is 0. The molecule has 86 valence electrons. The summed E-state index contributed by atoms with van der Waals surface area (Å²) in [6.07, 6.45) is -0.356. The van der Waals surface area contributed by atoms with E-state index in [0.29, 0.717) is 5.02 Å². The second kappa shape index (κ2) is 3.86. The minimum atomic E-state index is -0.341. The normalized spacial score (nSPS) is 24.2. The molecule has 0 radical (unpaired) electrons. The van der Waals surface area contributed by atoms with Crippen molar-refractivity contribution in [1.82, 2.24) is 0 Å². The number of ether oxygens (including phenoxy) is 1. The number of benzene rings is 1. The zero-order valence-corrected chi connectivity index (χ0v) is 10.4. The van der Waals surface area contributed by atoms with Gasteiger partial charge in [0, 0.05) is 10.4 Å². The molecule has 1 aromatic carbocycles. The van der Waals surface area contributed by atoms with Crippen molar-refractivity contribution in [1.29, 1.82) is 0 Å². The Morgan fingerprint density at radius 2 is 1.81 bits per heavy atom. The molecule has 0 N–H and O–H groups in total. The lowest BCUT2D eigenvalue weighted by Crippen LogP contribution is -2.25. The van der Waals surface area contributed by atoms with Gasteiger partial charge in [-0.15, -0.1) is 0 Å². The minimum absolute atomic E-state index is 0.0796. The van der Waals surface area contributed by atoms with E-state index in [1.807, 2.05) is 45.0 Å². The smallest absolute Gasteiger partial charge is 0.169 e. The first-order valence-corrected chi connectivity index (χ1v) is 5.72. The van der Waals surface area contributed by atoms with Crippen LogP contribution in [0.3, 0.4) is 0 Å². The SMILES string of the molecule is CC(C)(C)C(=O)[C@@H]1O[C@@H]1c1ccc(Cl)cc1. The molecular weight excluding hydrogens is 224 g/mol. The van der Waals surface area contributed by atoms with Crippen LogP contribution in [0, 0.1) is 5.41 Å². The second-order valence-electron chi connectivity index (χ2n) is 5.14. The zero-order chi connectivity index (χ0) is 11.9. The molecule has 1 aromatic rings. The van der Waals surface area contributed by atoms with Gasteiger partial charge in [-0.2, -0.15) is 0 Å². The molecule has 0 saturated carbocycles. The van der Waals surface area contributed by atoms with Crippen molar-refractivity contribution in [3.05, 3.63) is 34.9 Å². The molecule has 0 bridgehead atoms. The Labute approximate surface area is 101 Å². The van der Waals surface area contributed by atoms with Gasteiger partial charge in [0.05, 0.1) is 0 Å². The summed E-state index contributed by atoms with van der Waals surface area (Å²) >= 11 is 5.80. The Morgan fingerprint density at radius 1 is 1.25 bits per heavy atom. The highest BCUT2D eigenvalue weighted by atomic mass is 35.5. The maximum absolute atomic E-state index is 11.9. The molecule has 1 aliphatic rings. The fraction of sp³-hybridized carbons (Fsp3) is 0.462. The van der Waals surface area contributed by atoms with Gasteiger partial charge in [-0.25, -0.2) is 0 Å². The lowest BCUT2D eigenvalue weighted by molar-refractivity contribution is -0.127. The summed E-state index contributed by atoms with van der Waals surface area (Å²) in [7, 11) is 0. The van der Waals surface area contributed by atoms with Crippen molar-refractivity contribution in [2.75, 3.05) is 0 Å². The van der Waals surface area contributed by atoms with Crippen molar-refractivity contribution < 1.29 is 9.53 Å². The largest absolute Gasteiger partial charge is 0.356 e. The van der Waals surface area contributed by atoms with Crippen LogP contribution >= 0.6 is 11.6 Å². The van der Waals surface area contributed by atoms with Crippen LogP contribution in [0.1, 0.15) is 32.4 Å². The minimum Gasteiger partial charge on any atom is -0.356 e. The Morgan fingerprint density at radius 3 is 2.31 bits per heavy atom. The van der Waals surface area contributed by atoms with Gasteiger partial charge in [-0.3, -0.25) is 4.79 Å². The molecule has 16 heavy (non-hydrogen) atoms. The van der Waals surface area contributed by atoms with E-state index in [1.54, 1.807) is 0 Å². The first-order valence-electron chi connectivity index (χ1n) is 5.35. The molecular formula is C13H15ClO2. The predicted molar refractivity (Wildman–Crippen MR) is 63.5 cm³/mol. The van der Waals surface area contributed by atoms with E-state index in [0.717, 1.165) is 5.56 Å². The molecule has 3 heteroatoms. The van der Waals surface area contributed by atoms with Gasteiger partial charge in [0.25, 0.3) is 0 Å². The van der Waals surface area contributed by atoms with E-state index >= 15 is 0 Å². The van der Waals surface area contributed by atoms with Crippen LogP contribution in [0.4, 0.5) is 0 Å². The number of carbonyl (C=O) groups excluding carboxylic acids is 1. The van der Waals surface area contributed by atoms with Crippen molar-refractivity contribution in [2.24, 2.45) is 5.41 Å². The summed E-state index contributed by atoms with van der Waals surface area (Å²) in [6.45, 7) is 5.74. The third-order valence-corrected chi connectivity index (χ3v) is 2.94. The summed E-state index contributed by atoms with van der Waals surface area (Å²) in [6, 6.07) is 7.44. The number of Topliss-reactive ketones (excluding diaryl/α,β-unsaturated/α-hetero) is 1. The first-order chi connectivity index (χ1) is 7.39. The fourth-order valence-electron chi connectivity index (χ4n) is 1.64. The maximum atomic E-state index is 11.9. The van der Waals surface area contributed by atoms with Crippen LogP contribution in [-0.2, 0) is 9.53 Å². The van der Waals surface area contributed by atoms with Gasteiger partial charge < -0.3 is 4.74 Å². The monoisotopic (exact) mass is 238 g/mol. The average molecular weight is 239 g/mol. The van der Waals surface area contributed by atoms with Gasteiger partial charge in [-0.1, -0.05) is 44.5 Å². The zero-order valence-electron chi connectivity index (χ0n) is 9.66. The third-order valence-electron chi connectivity index (χ3n) is 2.69. The molecule has 1 heterocycles. The number of hydrogen-bond acceptors (Lipinski definition) is 2. The summed E-state index contributed by atoms with van der Waals surface area (Å²) < 4.78 is 5.44. The summed E-state index contributed by atoms with van der Waals surface area (Å²) in [5, 5.41) is 0.697. The lowest BCUT2D eigenvalue weighted by atomic mass is 9.87.